The number of nitriles is 1. The van der Waals surface area contributed by atoms with E-state index in [1.54, 1.807) is 35.2 Å². The molecule has 6 nitrogen and oxygen atoms in total. The van der Waals surface area contributed by atoms with E-state index in [1.807, 2.05) is 25.1 Å². The molecule has 0 saturated heterocycles. The summed E-state index contributed by atoms with van der Waals surface area (Å²) in [6.45, 7) is 2.51. The molecule has 0 bridgehead atoms. The summed E-state index contributed by atoms with van der Waals surface area (Å²) >= 11 is 0. The first-order valence-electron chi connectivity index (χ1n) is 7.75. The fourth-order valence-corrected chi connectivity index (χ4v) is 2.40. The predicted molar refractivity (Wildman–Crippen MR) is 92.1 cm³/mol. The Morgan fingerprint density at radius 1 is 1.16 bits per heavy atom. The van der Waals surface area contributed by atoms with Gasteiger partial charge in [-0.1, -0.05) is 12.1 Å². The molecule has 3 rings (SSSR count). The first-order valence-corrected chi connectivity index (χ1v) is 7.75. The summed E-state index contributed by atoms with van der Waals surface area (Å²) in [4.78, 5) is 20.6. The van der Waals surface area contributed by atoms with Crippen molar-refractivity contribution in [1.29, 1.82) is 5.26 Å². The molecule has 0 atom stereocenters. The van der Waals surface area contributed by atoms with Gasteiger partial charge in [0, 0.05) is 24.2 Å². The third-order valence-corrected chi connectivity index (χ3v) is 3.72. The summed E-state index contributed by atoms with van der Waals surface area (Å²) in [6.07, 6.45) is 3.29. The third kappa shape index (κ3) is 4.09. The van der Waals surface area contributed by atoms with Gasteiger partial charge in [-0.3, -0.25) is 4.79 Å². The average Bonchev–Trinajstić information content (AvgIpc) is 2.64. The van der Waals surface area contributed by atoms with Gasteiger partial charge in [-0.15, -0.1) is 0 Å². The van der Waals surface area contributed by atoms with Crippen molar-refractivity contribution in [2.75, 3.05) is 0 Å². The minimum atomic E-state index is -0.145. The van der Waals surface area contributed by atoms with Crippen LogP contribution >= 0.6 is 0 Å². The lowest BCUT2D eigenvalue weighted by Gasteiger charge is -2.12. The van der Waals surface area contributed by atoms with Crippen molar-refractivity contribution in [3.63, 3.8) is 0 Å². The Morgan fingerprint density at radius 3 is 2.52 bits per heavy atom. The van der Waals surface area contributed by atoms with Crippen LogP contribution in [-0.2, 0) is 13.2 Å². The fourth-order valence-electron chi connectivity index (χ4n) is 2.40. The van der Waals surface area contributed by atoms with Crippen LogP contribution in [0.15, 0.2) is 59.7 Å². The summed E-state index contributed by atoms with van der Waals surface area (Å²) in [7, 11) is 0. The van der Waals surface area contributed by atoms with Gasteiger partial charge in [-0.2, -0.15) is 5.26 Å². The van der Waals surface area contributed by atoms with Crippen LogP contribution in [0, 0.1) is 18.3 Å². The molecule has 0 N–H and O–H groups in total. The highest BCUT2D eigenvalue weighted by Crippen LogP contribution is 2.13. The minimum Gasteiger partial charge on any atom is -0.485 e. The van der Waals surface area contributed by atoms with E-state index in [4.69, 9.17) is 10.00 Å². The molecule has 3 aromatic rings. The highest BCUT2D eigenvalue weighted by Gasteiger charge is 2.06. The lowest BCUT2D eigenvalue weighted by Crippen LogP contribution is -2.22. The molecule has 0 amide bonds. The van der Waals surface area contributed by atoms with Crippen molar-refractivity contribution in [3.05, 3.63) is 87.9 Å². The number of hydrogen-bond donors (Lipinski definition) is 0. The SMILES string of the molecule is Cc1cc(OCc2ncccn2)cc(=O)n1Cc1ccc(C#N)cc1. The first kappa shape index (κ1) is 16.4. The van der Waals surface area contributed by atoms with Gasteiger partial charge in [-0.05, 0) is 36.8 Å². The number of benzene rings is 1. The van der Waals surface area contributed by atoms with Gasteiger partial charge in [0.25, 0.3) is 5.56 Å². The van der Waals surface area contributed by atoms with E-state index in [0.717, 1.165) is 11.3 Å². The molecule has 0 aliphatic rings. The lowest BCUT2D eigenvalue weighted by molar-refractivity contribution is 0.294. The molecule has 0 aliphatic carbocycles. The summed E-state index contributed by atoms with van der Waals surface area (Å²) in [5.41, 5.74) is 2.20. The second-order valence-electron chi connectivity index (χ2n) is 5.52. The predicted octanol–water partition coefficient (Wildman–Crippen LogP) is 2.45. The standard InChI is InChI=1S/C19H16N4O2/c1-14-9-17(25-13-18-21-7-2-8-22-18)10-19(24)23(14)12-16-5-3-15(11-20)4-6-16/h2-10H,12-13H2,1H3. The van der Waals surface area contributed by atoms with E-state index in [-0.39, 0.29) is 12.2 Å². The second kappa shape index (κ2) is 7.41. The maximum atomic E-state index is 12.4. The van der Waals surface area contributed by atoms with E-state index < -0.39 is 0 Å². The van der Waals surface area contributed by atoms with Crippen molar-refractivity contribution in [1.82, 2.24) is 14.5 Å². The number of hydrogen-bond acceptors (Lipinski definition) is 5. The first-order chi connectivity index (χ1) is 12.2. The molecule has 0 saturated carbocycles. The number of aryl methyl sites for hydroxylation is 1. The van der Waals surface area contributed by atoms with Crippen molar-refractivity contribution in [3.8, 4) is 11.8 Å². The van der Waals surface area contributed by atoms with Crippen LogP contribution in [0.2, 0.25) is 0 Å². The molecule has 1 aromatic carbocycles. The maximum Gasteiger partial charge on any atom is 0.254 e. The van der Waals surface area contributed by atoms with Crippen molar-refractivity contribution in [2.45, 2.75) is 20.1 Å². The molecule has 0 unspecified atom stereocenters. The zero-order chi connectivity index (χ0) is 17.6. The molecular formula is C19H16N4O2. The van der Waals surface area contributed by atoms with Crippen LogP contribution in [0.4, 0.5) is 0 Å². The van der Waals surface area contributed by atoms with Crippen molar-refractivity contribution < 1.29 is 4.74 Å². The highest BCUT2D eigenvalue weighted by atomic mass is 16.5. The van der Waals surface area contributed by atoms with Crippen LogP contribution in [0.25, 0.3) is 0 Å². The molecular weight excluding hydrogens is 316 g/mol. The maximum absolute atomic E-state index is 12.4. The minimum absolute atomic E-state index is 0.145. The Labute approximate surface area is 145 Å². The Morgan fingerprint density at radius 2 is 1.88 bits per heavy atom. The smallest absolute Gasteiger partial charge is 0.254 e. The van der Waals surface area contributed by atoms with E-state index >= 15 is 0 Å². The van der Waals surface area contributed by atoms with E-state index in [0.29, 0.717) is 23.7 Å². The average molecular weight is 332 g/mol. The van der Waals surface area contributed by atoms with Gasteiger partial charge in [0.05, 0.1) is 18.2 Å². The molecule has 0 aliphatic heterocycles. The summed E-state index contributed by atoms with van der Waals surface area (Å²) in [5.74, 6) is 1.05. The van der Waals surface area contributed by atoms with Gasteiger partial charge in [-0.25, -0.2) is 9.97 Å². The molecule has 124 valence electrons. The second-order valence-corrected chi connectivity index (χ2v) is 5.52. The number of rotatable bonds is 5. The molecule has 0 spiro atoms. The van der Waals surface area contributed by atoms with Crippen LogP contribution < -0.4 is 10.3 Å². The van der Waals surface area contributed by atoms with Gasteiger partial charge >= 0.3 is 0 Å². The number of ether oxygens (including phenoxy) is 1. The van der Waals surface area contributed by atoms with E-state index in [9.17, 15) is 4.79 Å². The molecule has 6 heteroatoms. The van der Waals surface area contributed by atoms with Crippen LogP contribution in [0.1, 0.15) is 22.6 Å². The Bertz CT molecular complexity index is 957. The van der Waals surface area contributed by atoms with Crippen LogP contribution in [0.5, 0.6) is 5.75 Å². The monoisotopic (exact) mass is 332 g/mol. The Hall–Kier alpha value is -3.46. The topological polar surface area (TPSA) is 80.8 Å². The molecule has 2 aromatic heterocycles. The highest BCUT2D eigenvalue weighted by molar-refractivity contribution is 5.32. The van der Waals surface area contributed by atoms with Gasteiger partial charge in [0.15, 0.2) is 5.82 Å². The van der Waals surface area contributed by atoms with Crippen LogP contribution in [-0.4, -0.2) is 14.5 Å². The van der Waals surface area contributed by atoms with E-state index in [2.05, 4.69) is 16.0 Å². The normalized spacial score (nSPS) is 10.2. The van der Waals surface area contributed by atoms with Crippen molar-refractivity contribution >= 4 is 0 Å². The molecule has 2 heterocycles. The Balaban J connectivity index is 1.75. The number of pyridine rings is 1. The summed E-state index contributed by atoms with van der Waals surface area (Å²) in [5, 5.41) is 8.84. The zero-order valence-electron chi connectivity index (χ0n) is 13.7. The largest absolute Gasteiger partial charge is 0.485 e. The quantitative estimate of drug-likeness (QED) is 0.717. The van der Waals surface area contributed by atoms with Gasteiger partial charge < -0.3 is 9.30 Å². The number of aromatic nitrogens is 3. The molecule has 0 radical (unpaired) electrons. The fraction of sp³-hybridized carbons (Fsp3) is 0.158. The van der Waals surface area contributed by atoms with Crippen molar-refractivity contribution in [2.24, 2.45) is 0 Å². The molecule has 0 fully saturated rings. The number of nitrogens with zero attached hydrogens (tertiary/aromatic N) is 4. The van der Waals surface area contributed by atoms with Gasteiger partial charge in [0.2, 0.25) is 0 Å². The zero-order valence-corrected chi connectivity index (χ0v) is 13.7. The summed E-state index contributed by atoms with van der Waals surface area (Å²) < 4.78 is 7.27. The summed E-state index contributed by atoms with van der Waals surface area (Å²) in [6, 6.07) is 14.3. The Kier molecular flexibility index (Phi) is 4.86. The van der Waals surface area contributed by atoms with Gasteiger partial charge in [0.1, 0.15) is 12.4 Å². The van der Waals surface area contributed by atoms with Crippen LogP contribution in [0.3, 0.4) is 0 Å². The van der Waals surface area contributed by atoms with E-state index in [1.165, 1.54) is 6.07 Å². The lowest BCUT2D eigenvalue weighted by atomic mass is 10.1. The third-order valence-electron chi connectivity index (χ3n) is 3.72. The molecule has 25 heavy (non-hydrogen) atoms.